The van der Waals surface area contributed by atoms with Gasteiger partial charge >= 0.3 is 11.9 Å². The number of phenols is 2. The SMILES string of the molecule is CCC(=O)O.CCC(=O)O.CCNCC(C)(C)c1cccc2cc(O)c(O)cc12.Cl. The van der Waals surface area contributed by atoms with E-state index in [9.17, 15) is 19.8 Å². The first-order valence-electron chi connectivity index (χ1n) is 9.59. The summed E-state index contributed by atoms with van der Waals surface area (Å²) in [6.07, 6.45) is 0.444. The number of phenolic OH excluding ortho intramolecular Hbond substituents is 2. The van der Waals surface area contributed by atoms with Gasteiger partial charge in [0.25, 0.3) is 0 Å². The van der Waals surface area contributed by atoms with Crippen molar-refractivity contribution in [2.24, 2.45) is 0 Å². The summed E-state index contributed by atoms with van der Waals surface area (Å²) in [6.45, 7) is 11.4. The van der Waals surface area contributed by atoms with Gasteiger partial charge in [-0.2, -0.15) is 0 Å². The van der Waals surface area contributed by atoms with E-state index in [1.807, 2.05) is 12.1 Å². The van der Waals surface area contributed by atoms with Crippen LogP contribution in [0, 0.1) is 0 Å². The minimum Gasteiger partial charge on any atom is -0.504 e. The fourth-order valence-corrected chi connectivity index (χ4v) is 2.42. The first kappa shape index (κ1) is 29.7. The fraction of sp³-hybridized carbons (Fsp3) is 0.455. The van der Waals surface area contributed by atoms with Crippen LogP contribution in [-0.2, 0) is 15.0 Å². The van der Waals surface area contributed by atoms with Gasteiger partial charge in [0.2, 0.25) is 0 Å². The van der Waals surface area contributed by atoms with Crippen LogP contribution in [0.25, 0.3) is 10.8 Å². The number of nitrogens with one attached hydrogen (secondary N) is 1. The summed E-state index contributed by atoms with van der Waals surface area (Å²) in [4.78, 5) is 18.7. The van der Waals surface area contributed by atoms with Crippen molar-refractivity contribution in [1.82, 2.24) is 5.32 Å². The maximum absolute atomic E-state index is 9.72. The van der Waals surface area contributed by atoms with E-state index in [-0.39, 0.29) is 42.2 Å². The Morgan fingerprint density at radius 1 is 0.933 bits per heavy atom. The fourth-order valence-electron chi connectivity index (χ4n) is 2.42. The van der Waals surface area contributed by atoms with Crippen molar-refractivity contribution < 1.29 is 30.0 Å². The van der Waals surface area contributed by atoms with Gasteiger partial charge in [-0.3, -0.25) is 9.59 Å². The van der Waals surface area contributed by atoms with Crippen molar-refractivity contribution >= 4 is 35.1 Å². The van der Waals surface area contributed by atoms with E-state index < -0.39 is 11.9 Å². The first-order chi connectivity index (χ1) is 13.5. The summed E-state index contributed by atoms with van der Waals surface area (Å²) >= 11 is 0. The number of rotatable bonds is 6. The van der Waals surface area contributed by atoms with E-state index in [1.54, 1.807) is 26.0 Å². The van der Waals surface area contributed by atoms with Crippen LogP contribution in [0.5, 0.6) is 11.5 Å². The number of carboxylic acids is 2. The van der Waals surface area contributed by atoms with Crippen LogP contribution in [0.4, 0.5) is 0 Å². The number of carbonyl (C=O) groups is 2. The highest BCUT2D eigenvalue weighted by Gasteiger charge is 2.22. The Morgan fingerprint density at radius 2 is 1.40 bits per heavy atom. The van der Waals surface area contributed by atoms with E-state index >= 15 is 0 Å². The molecule has 2 rings (SSSR count). The standard InChI is InChI=1S/C16H21NO2.2C3H6O2.ClH/c1-4-17-10-16(2,3)13-7-5-6-11-8-14(18)15(19)9-12(11)13;2*1-2-3(4)5;/h5-9,17-19H,4,10H2,1-3H3;2*2H2,1H3,(H,4,5);1H. The number of benzene rings is 2. The van der Waals surface area contributed by atoms with Crippen LogP contribution < -0.4 is 5.32 Å². The maximum Gasteiger partial charge on any atom is 0.303 e. The van der Waals surface area contributed by atoms with Crippen LogP contribution in [0.3, 0.4) is 0 Å². The molecule has 0 radical (unpaired) electrons. The molecule has 2 aromatic carbocycles. The van der Waals surface area contributed by atoms with Crippen molar-refractivity contribution in [2.45, 2.75) is 52.9 Å². The van der Waals surface area contributed by atoms with Crippen molar-refractivity contribution in [1.29, 1.82) is 0 Å². The maximum atomic E-state index is 9.72. The molecule has 0 bridgehead atoms. The summed E-state index contributed by atoms with van der Waals surface area (Å²) < 4.78 is 0. The number of hydrogen-bond donors (Lipinski definition) is 5. The quantitative estimate of drug-likeness (QED) is 0.415. The summed E-state index contributed by atoms with van der Waals surface area (Å²) in [5.41, 5.74) is 1.13. The first-order valence-corrected chi connectivity index (χ1v) is 9.59. The van der Waals surface area contributed by atoms with Gasteiger partial charge in [0, 0.05) is 24.8 Å². The van der Waals surface area contributed by atoms with Crippen molar-refractivity contribution in [3.05, 3.63) is 35.9 Å². The average Bonchev–Trinajstić information content (AvgIpc) is 2.67. The number of likely N-dealkylation sites (N-methyl/N-ethyl adjacent to an activating group) is 1. The molecule has 0 saturated heterocycles. The third kappa shape index (κ3) is 10.3. The molecule has 30 heavy (non-hydrogen) atoms. The lowest BCUT2D eigenvalue weighted by molar-refractivity contribution is -0.137. The van der Waals surface area contributed by atoms with Gasteiger partial charge in [-0.1, -0.05) is 52.8 Å². The molecule has 2 aromatic rings. The minimum atomic E-state index is -0.745. The highest BCUT2D eigenvalue weighted by molar-refractivity contribution is 5.89. The lowest BCUT2D eigenvalue weighted by atomic mass is 9.81. The minimum absolute atomic E-state index is 0. The van der Waals surface area contributed by atoms with Crippen molar-refractivity contribution in [3.8, 4) is 11.5 Å². The number of fused-ring (bicyclic) bond motifs is 1. The Labute approximate surface area is 184 Å². The zero-order valence-electron chi connectivity index (χ0n) is 18.2. The molecular weight excluding hydrogens is 410 g/mol. The third-order valence-electron chi connectivity index (χ3n) is 4.13. The van der Waals surface area contributed by atoms with Gasteiger partial charge in [-0.05, 0) is 35.0 Å². The molecule has 170 valence electrons. The predicted octanol–water partition coefficient (Wildman–Crippen LogP) is 4.52. The summed E-state index contributed by atoms with van der Waals surface area (Å²) in [6, 6.07) is 9.27. The van der Waals surface area contributed by atoms with E-state index in [0.717, 1.165) is 23.9 Å². The molecular formula is C22H34ClNO6. The monoisotopic (exact) mass is 443 g/mol. The molecule has 7 nitrogen and oxygen atoms in total. The summed E-state index contributed by atoms with van der Waals surface area (Å²) in [7, 11) is 0. The average molecular weight is 444 g/mol. The molecule has 0 heterocycles. The van der Waals surface area contributed by atoms with Crippen LogP contribution in [0.15, 0.2) is 30.3 Å². The van der Waals surface area contributed by atoms with Gasteiger partial charge in [-0.15, -0.1) is 12.4 Å². The molecule has 5 N–H and O–H groups in total. The second kappa shape index (κ2) is 14.5. The lowest BCUT2D eigenvalue weighted by Crippen LogP contribution is -2.32. The Morgan fingerprint density at radius 3 is 1.83 bits per heavy atom. The Balaban J connectivity index is 0. The van der Waals surface area contributed by atoms with E-state index in [0.29, 0.717) is 0 Å². The second-order valence-corrected chi connectivity index (χ2v) is 7.03. The Bertz CT molecular complexity index is 794. The molecule has 0 aliphatic heterocycles. The van der Waals surface area contributed by atoms with Gasteiger partial charge in [0.05, 0.1) is 0 Å². The highest BCUT2D eigenvalue weighted by Crippen LogP contribution is 2.36. The molecule has 8 heteroatoms. The number of aliphatic carboxylic acids is 2. The molecule has 0 aliphatic carbocycles. The third-order valence-corrected chi connectivity index (χ3v) is 4.13. The lowest BCUT2D eigenvalue weighted by Gasteiger charge is -2.27. The molecule has 0 fully saturated rings. The molecule has 0 unspecified atom stereocenters. The molecule has 0 spiro atoms. The number of hydrogen-bond acceptors (Lipinski definition) is 5. The van der Waals surface area contributed by atoms with E-state index in [1.165, 1.54) is 5.56 Å². The smallest absolute Gasteiger partial charge is 0.303 e. The van der Waals surface area contributed by atoms with Crippen LogP contribution >= 0.6 is 12.4 Å². The van der Waals surface area contributed by atoms with E-state index in [4.69, 9.17) is 10.2 Å². The molecule has 0 aromatic heterocycles. The molecule has 0 aliphatic rings. The second-order valence-electron chi connectivity index (χ2n) is 7.03. The van der Waals surface area contributed by atoms with Gasteiger partial charge < -0.3 is 25.7 Å². The van der Waals surface area contributed by atoms with Crippen LogP contribution in [-0.4, -0.2) is 45.5 Å². The summed E-state index contributed by atoms with van der Waals surface area (Å²) in [5, 5.41) is 40.0. The Kier molecular flexibility index (Phi) is 14.3. The molecule has 0 saturated carbocycles. The van der Waals surface area contributed by atoms with Gasteiger partial charge in [0.15, 0.2) is 11.5 Å². The number of carboxylic acid groups (broad SMARTS) is 2. The van der Waals surface area contributed by atoms with Crippen LogP contribution in [0.2, 0.25) is 0 Å². The van der Waals surface area contributed by atoms with Gasteiger partial charge in [-0.25, -0.2) is 0 Å². The van der Waals surface area contributed by atoms with E-state index in [2.05, 4.69) is 32.2 Å². The summed E-state index contributed by atoms with van der Waals surface area (Å²) in [5.74, 6) is -1.64. The van der Waals surface area contributed by atoms with Crippen molar-refractivity contribution in [3.63, 3.8) is 0 Å². The number of halogens is 1. The number of aromatic hydroxyl groups is 2. The molecule has 0 atom stereocenters. The largest absolute Gasteiger partial charge is 0.504 e. The van der Waals surface area contributed by atoms with Crippen LogP contribution in [0.1, 0.15) is 53.0 Å². The zero-order chi connectivity index (χ0) is 22.6. The molecule has 0 amide bonds. The van der Waals surface area contributed by atoms with Gasteiger partial charge in [0.1, 0.15) is 0 Å². The topological polar surface area (TPSA) is 127 Å². The Hall–Kier alpha value is -2.51. The predicted molar refractivity (Wildman–Crippen MR) is 122 cm³/mol. The van der Waals surface area contributed by atoms with Crippen molar-refractivity contribution in [2.75, 3.05) is 13.1 Å². The zero-order valence-corrected chi connectivity index (χ0v) is 19.0. The normalized spacial score (nSPS) is 10.0. The highest BCUT2D eigenvalue weighted by atomic mass is 35.5.